The number of aryl methyl sites for hydroxylation is 1. The van der Waals surface area contributed by atoms with Gasteiger partial charge in [0.15, 0.2) is 8.32 Å². The molecule has 1 aliphatic carbocycles. The highest BCUT2D eigenvalue weighted by molar-refractivity contribution is 9.10. The summed E-state index contributed by atoms with van der Waals surface area (Å²) < 4.78 is 11.4. The van der Waals surface area contributed by atoms with E-state index >= 15 is 0 Å². The Morgan fingerprint density at radius 3 is 2.47 bits per heavy atom. The first-order chi connectivity index (χ1) is 14.0. The Morgan fingerprint density at radius 1 is 1.17 bits per heavy atom. The van der Waals surface area contributed by atoms with Crippen molar-refractivity contribution < 1.29 is 4.43 Å². The number of pyridine rings is 1. The molecule has 0 N–H and O–H groups in total. The van der Waals surface area contributed by atoms with E-state index in [1.807, 2.05) is 29.9 Å². The predicted molar refractivity (Wildman–Crippen MR) is 130 cm³/mol. The molecular weight excluding hydrogens is 458 g/mol. The molecule has 5 nitrogen and oxygen atoms in total. The van der Waals surface area contributed by atoms with E-state index < -0.39 is 8.32 Å². The minimum atomic E-state index is -1.77. The summed E-state index contributed by atoms with van der Waals surface area (Å²) in [5.41, 5.74) is 2.86. The van der Waals surface area contributed by atoms with E-state index in [4.69, 9.17) is 4.43 Å². The Morgan fingerprint density at radius 2 is 1.83 bits per heavy atom. The van der Waals surface area contributed by atoms with Crippen LogP contribution in [-0.4, -0.2) is 28.5 Å². The third kappa shape index (κ3) is 3.69. The first kappa shape index (κ1) is 21.8. The van der Waals surface area contributed by atoms with Crippen LogP contribution in [-0.2, 0) is 11.5 Å². The van der Waals surface area contributed by atoms with Crippen LogP contribution in [0.15, 0.2) is 33.7 Å². The third-order valence-electron chi connectivity index (χ3n) is 7.15. The molecule has 3 aromatic rings. The number of rotatable bonds is 3. The maximum Gasteiger partial charge on any atom is 0.329 e. The lowest BCUT2D eigenvalue weighted by atomic mass is 9.93. The number of nitrogens with zero attached hydrogens (tertiary/aromatic N) is 3. The molecule has 0 atom stereocenters. The van der Waals surface area contributed by atoms with E-state index in [1.165, 1.54) is 0 Å². The summed E-state index contributed by atoms with van der Waals surface area (Å²) in [5.74, 6) is 0. The van der Waals surface area contributed by atoms with Crippen LogP contribution < -0.4 is 5.69 Å². The molecule has 162 valence electrons. The molecule has 0 radical (unpaired) electrons. The minimum Gasteiger partial charge on any atom is -0.414 e. The highest BCUT2D eigenvalue weighted by Gasteiger charge is 2.40. The van der Waals surface area contributed by atoms with Gasteiger partial charge in [0.25, 0.3) is 0 Å². The van der Waals surface area contributed by atoms with Crippen molar-refractivity contribution in [2.24, 2.45) is 7.05 Å². The Hall–Kier alpha value is -1.44. The van der Waals surface area contributed by atoms with Crippen LogP contribution in [0, 0.1) is 0 Å². The molecule has 0 amide bonds. The minimum absolute atomic E-state index is 0.0491. The van der Waals surface area contributed by atoms with Crippen molar-refractivity contribution in [2.75, 3.05) is 0 Å². The molecule has 1 aliphatic rings. The first-order valence-corrected chi connectivity index (χ1v) is 14.5. The number of hydrogen-bond acceptors (Lipinski definition) is 3. The maximum atomic E-state index is 13.2. The molecule has 1 aromatic carbocycles. The number of halogens is 1. The summed E-state index contributed by atoms with van der Waals surface area (Å²) in [6.07, 6.45) is 6.09. The molecule has 1 saturated carbocycles. The summed E-state index contributed by atoms with van der Waals surface area (Å²) in [4.78, 5) is 17.8. The van der Waals surface area contributed by atoms with E-state index in [1.54, 1.807) is 4.57 Å². The van der Waals surface area contributed by atoms with Crippen molar-refractivity contribution in [3.8, 4) is 0 Å². The van der Waals surface area contributed by atoms with Crippen molar-refractivity contribution >= 4 is 46.2 Å². The van der Waals surface area contributed by atoms with Gasteiger partial charge >= 0.3 is 5.69 Å². The molecule has 0 spiro atoms. The molecule has 0 saturated heterocycles. The molecule has 1 fully saturated rings. The highest BCUT2D eigenvalue weighted by atomic mass is 79.9. The molecular formula is C23H32BrN3O2Si. The second-order valence-corrected chi connectivity index (χ2v) is 15.8. The number of imidazole rings is 1. The lowest BCUT2D eigenvalue weighted by Crippen LogP contribution is -2.45. The standard InChI is InChI=1S/C23H32BrN3O2Si/c1-23(2,3)30(5,6)29-17-10-8-16(9-11-17)27-21-18-13-15(24)7-12-19(18)25-14-20(21)26(4)22(27)28/h7,12-14,16-17H,8-11H2,1-6H3/t16-,17-. The molecule has 2 heterocycles. The van der Waals surface area contributed by atoms with Crippen molar-refractivity contribution in [3.05, 3.63) is 39.4 Å². The van der Waals surface area contributed by atoms with Gasteiger partial charge in [-0.05, 0) is 62.0 Å². The number of aromatic nitrogens is 3. The van der Waals surface area contributed by atoms with E-state index in [0.29, 0.717) is 6.10 Å². The highest BCUT2D eigenvalue weighted by Crippen LogP contribution is 2.41. The van der Waals surface area contributed by atoms with Gasteiger partial charge in [0.1, 0.15) is 0 Å². The van der Waals surface area contributed by atoms with Gasteiger partial charge in [-0.25, -0.2) is 4.79 Å². The van der Waals surface area contributed by atoms with Crippen molar-refractivity contribution in [1.29, 1.82) is 0 Å². The SMILES string of the molecule is Cn1c(=O)n([C@H]2CC[C@H](O[Si](C)(C)C(C)(C)C)CC2)c2c3cc(Br)ccc3ncc21. The first-order valence-electron chi connectivity index (χ1n) is 10.8. The molecule has 4 rings (SSSR count). The lowest BCUT2D eigenvalue weighted by Gasteiger charge is -2.41. The molecule has 2 aromatic heterocycles. The molecule has 0 unspecified atom stereocenters. The number of hydrogen-bond donors (Lipinski definition) is 0. The average molecular weight is 491 g/mol. The smallest absolute Gasteiger partial charge is 0.329 e. The fourth-order valence-electron chi connectivity index (χ4n) is 4.35. The quantitative estimate of drug-likeness (QED) is 0.414. The Bertz CT molecular complexity index is 1150. The Labute approximate surface area is 187 Å². The average Bonchev–Trinajstić information content (AvgIpc) is 2.92. The second kappa shape index (κ2) is 7.60. The van der Waals surface area contributed by atoms with Crippen molar-refractivity contribution in [2.45, 2.75) is 76.7 Å². The lowest BCUT2D eigenvalue weighted by molar-refractivity contribution is 0.118. The van der Waals surface area contributed by atoms with Gasteiger partial charge in [0.05, 0.1) is 22.7 Å². The van der Waals surface area contributed by atoms with Crippen LogP contribution in [0.3, 0.4) is 0 Å². The second-order valence-electron chi connectivity index (χ2n) is 10.2. The molecule has 0 bridgehead atoms. The van der Waals surface area contributed by atoms with E-state index in [2.05, 4.69) is 60.8 Å². The predicted octanol–water partition coefficient (Wildman–Crippen LogP) is 6.16. The zero-order valence-electron chi connectivity index (χ0n) is 18.8. The van der Waals surface area contributed by atoms with Gasteiger partial charge in [-0.2, -0.15) is 0 Å². The summed E-state index contributed by atoms with van der Waals surface area (Å²) in [5, 5.41) is 1.25. The zero-order chi connectivity index (χ0) is 21.8. The monoisotopic (exact) mass is 489 g/mol. The van der Waals surface area contributed by atoms with Crippen LogP contribution in [0.4, 0.5) is 0 Å². The fraction of sp³-hybridized carbons (Fsp3) is 0.565. The van der Waals surface area contributed by atoms with Gasteiger partial charge in [-0.15, -0.1) is 0 Å². The summed E-state index contributed by atoms with van der Waals surface area (Å²) in [7, 11) is 0.0733. The molecule has 30 heavy (non-hydrogen) atoms. The summed E-state index contributed by atoms with van der Waals surface area (Å²) >= 11 is 3.58. The maximum absolute atomic E-state index is 13.2. The van der Waals surface area contributed by atoms with Crippen LogP contribution in [0.5, 0.6) is 0 Å². The van der Waals surface area contributed by atoms with E-state index in [0.717, 1.165) is 52.1 Å². The molecule has 0 aliphatic heterocycles. The van der Waals surface area contributed by atoms with Gasteiger partial charge in [0, 0.05) is 29.1 Å². The topological polar surface area (TPSA) is 49.0 Å². The van der Waals surface area contributed by atoms with Crippen LogP contribution >= 0.6 is 15.9 Å². The van der Waals surface area contributed by atoms with Gasteiger partial charge < -0.3 is 4.43 Å². The van der Waals surface area contributed by atoms with Gasteiger partial charge in [-0.1, -0.05) is 36.7 Å². The van der Waals surface area contributed by atoms with Gasteiger partial charge in [0.2, 0.25) is 0 Å². The van der Waals surface area contributed by atoms with Gasteiger partial charge in [-0.3, -0.25) is 14.1 Å². The van der Waals surface area contributed by atoms with Crippen molar-refractivity contribution in [3.63, 3.8) is 0 Å². The zero-order valence-corrected chi connectivity index (χ0v) is 21.4. The normalized spacial score (nSPS) is 20.9. The summed E-state index contributed by atoms with van der Waals surface area (Å²) in [6.45, 7) is 11.5. The van der Waals surface area contributed by atoms with Crippen LogP contribution in [0.25, 0.3) is 21.9 Å². The Kier molecular flexibility index (Phi) is 5.52. The van der Waals surface area contributed by atoms with Crippen molar-refractivity contribution in [1.82, 2.24) is 14.1 Å². The van der Waals surface area contributed by atoms with Crippen LogP contribution in [0.1, 0.15) is 52.5 Å². The van der Waals surface area contributed by atoms with E-state index in [9.17, 15) is 4.79 Å². The largest absolute Gasteiger partial charge is 0.414 e. The van der Waals surface area contributed by atoms with E-state index in [-0.39, 0.29) is 16.8 Å². The third-order valence-corrected chi connectivity index (χ3v) is 12.2. The molecule has 7 heteroatoms. The number of fused-ring (bicyclic) bond motifs is 3. The fourth-order valence-corrected chi connectivity index (χ4v) is 6.14. The Balaban J connectivity index is 1.67. The van der Waals surface area contributed by atoms with Crippen LogP contribution in [0.2, 0.25) is 18.1 Å². The summed E-state index contributed by atoms with van der Waals surface area (Å²) in [6, 6.07) is 6.28. The number of benzene rings is 1.